The van der Waals surface area contributed by atoms with Crippen LogP contribution in [0.4, 0.5) is 14.9 Å². The highest BCUT2D eigenvalue weighted by atomic mass is 19.1. The third-order valence-electron chi connectivity index (χ3n) is 3.24. The van der Waals surface area contributed by atoms with Gasteiger partial charge in [0.05, 0.1) is 0 Å². The molecule has 2 amide bonds. The Hall–Kier alpha value is -1.91. The number of amides is 2. The third-order valence-corrected chi connectivity index (χ3v) is 3.24. The molecule has 0 aromatic heterocycles. The Labute approximate surface area is 111 Å². The number of likely N-dealkylation sites (tertiary alicyclic amines) is 1. The summed E-state index contributed by atoms with van der Waals surface area (Å²) < 4.78 is 13.0. The maximum Gasteiger partial charge on any atom is 0.322 e. The highest BCUT2D eigenvalue weighted by Gasteiger charge is 2.29. The molecular formula is C14H17FN2O2. The fraction of sp³-hybridized carbons (Fsp3) is 0.429. The van der Waals surface area contributed by atoms with Gasteiger partial charge in [0.25, 0.3) is 0 Å². The van der Waals surface area contributed by atoms with E-state index in [2.05, 4.69) is 5.32 Å². The highest BCUT2D eigenvalue weighted by molar-refractivity contribution is 5.90. The van der Waals surface area contributed by atoms with Gasteiger partial charge in [-0.05, 0) is 38.0 Å². The average Bonchev–Trinajstić information content (AvgIpc) is 2.76. The number of anilines is 1. The van der Waals surface area contributed by atoms with Crippen LogP contribution in [0.15, 0.2) is 24.3 Å². The SMILES string of the molecule is CC(=O)CC1CCCN1C(=O)Nc1cccc(F)c1. The molecule has 1 heterocycles. The van der Waals surface area contributed by atoms with Gasteiger partial charge < -0.3 is 10.2 Å². The van der Waals surface area contributed by atoms with Crippen LogP contribution in [0.5, 0.6) is 0 Å². The summed E-state index contributed by atoms with van der Waals surface area (Å²) in [5, 5.41) is 2.66. The summed E-state index contributed by atoms with van der Waals surface area (Å²) in [7, 11) is 0. The fourth-order valence-electron chi connectivity index (χ4n) is 2.41. The minimum absolute atomic E-state index is 0.0361. The fourth-order valence-corrected chi connectivity index (χ4v) is 2.41. The van der Waals surface area contributed by atoms with Crippen molar-refractivity contribution >= 4 is 17.5 Å². The van der Waals surface area contributed by atoms with E-state index in [0.29, 0.717) is 18.7 Å². The number of carbonyl (C=O) groups is 2. The quantitative estimate of drug-likeness (QED) is 0.912. The van der Waals surface area contributed by atoms with Gasteiger partial charge in [-0.3, -0.25) is 4.79 Å². The largest absolute Gasteiger partial charge is 0.322 e. The van der Waals surface area contributed by atoms with E-state index in [1.807, 2.05) is 0 Å². The van der Waals surface area contributed by atoms with E-state index >= 15 is 0 Å². The number of ketones is 1. The van der Waals surface area contributed by atoms with Crippen molar-refractivity contribution in [1.29, 1.82) is 0 Å². The van der Waals surface area contributed by atoms with Gasteiger partial charge in [0.2, 0.25) is 0 Å². The molecule has 1 unspecified atom stereocenters. The summed E-state index contributed by atoms with van der Waals surface area (Å²) >= 11 is 0. The van der Waals surface area contributed by atoms with Crippen molar-refractivity contribution in [3.8, 4) is 0 Å². The summed E-state index contributed by atoms with van der Waals surface area (Å²) in [6.45, 7) is 2.17. The van der Waals surface area contributed by atoms with Crippen LogP contribution in [0.2, 0.25) is 0 Å². The smallest absolute Gasteiger partial charge is 0.321 e. The number of nitrogens with one attached hydrogen (secondary N) is 1. The Morgan fingerprint density at radius 1 is 1.47 bits per heavy atom. The minimum atomic E-state index is -0.389. The second-order valence-corrected chi connectivity index (χ2v) is 4.84. The third kappa shape index (κ3) is 3.53. The molecule has 0 spiro atoms. The Balaban J connectivity index is 2.01. The number of urea groups is 1. The van der Waals surface area contributed by atoms with Gasteiger partial charge in [-0.15, -0.1) is 0 Å². The number of hydrogen-bond donors (Lipinski definition) is 1. The molecule has 0 aliphatic carbocycles. The molecule has 1 saturated heterocycles. The number of benzene rings is 1. The van der Waals surface area contributed by atoms with Crippen LogP contribution >= 0.6 is 0 Å². The predicted molar refractivity (Wildman–Crippen MR) is 70.4 cm³/mol. The number of carbonyl (C=O) groups excluding carboxylic acids is 2. The van der Waals surface area contributed by atoms with E-state index < -0.39 is 0 Å². The number of Topliss-reactive ketones (excluding diaryl/α,β-unsaturated/α-hetero) is 1. The molecule has 1 aromatic carbocycles. The normalized spacial score (nSPS) is 18.4. The summed E-state index contributed by atoms with van der Waals surface area (Å²) in [6.07, 6.45) is 2.13. The summed E-state index contributed by atoms with van der Waals surface area (Å²) in [5.41, 5.74) is 0.429. The Morgan fingerprint density at radius 2 is 2.26 bits per heavy atom. The molecule has 0 saturated carbocycles. The van der Waals surface area contributed by atoms with Crippen LogP contribution in [0, 0.1) is 5.82 Å². The first-order valence-corrected chi connectivity index (χ1v) is 6.39. The zero-order valence-corrected chi connectivity index (χ0v) is 10.9. The number of rotatable bonds is 3. The number of halogens is 1. The molecule has 1 fully saturated rings. The first-order valence-electron chi connectivity index (χ1n) is 6.39. The lowest BCUT2D eigenvalue weighted by Gasteiger charge is -2.24. The second kappa shape index (κ2) is 5.82. The Morgan fingerprint density at radius 3 is 2.95 bits per heavy atom. The van der Waals surface area contributed by atoms with Crippen molar-refractivity contribution in [2.45, 2.75) is 32.2 Å². The predicted octanol–water partition coefficient (Wildman–Crippen LogP) is 2.80. The molecule has 0 bridgehead atoms. The van der Waals surface area contributed by atoms with E-state index in [9.17, 15) is 14.0 Å². The molecule has 0 radical (unpaired) electrons. The second-order valence-electron chi connectivity index (χ2n) is 4.84. The van der Waals surface area contributed by atoms with Crippen molar-refractivity contribution in [2.24, 2.45) is 0 Å². The average molecular weight is 264 g/mol. The molecule has 1 N–H and O–H groups in total. The standard InChI is InChI=1S/C14H17FN2O2/c1-10(18)8-13-6-3-7-17(13)14(19)16-12-5-2-4-11(15)9-12/h2,4-5,9,13H,3,6-8H2,1H3,(H,16,19). The van der Waals surface area contributed by atoms with E-state index in [1.54, 1.807) is 17.0 Å². The first-order chi connectivity index (χ1) is 9.06. The lowest BCUT2D eigenvalue weighted by Crippen LogP contribution is -2.39. The molecular weight excluding hydrogens is 247 g/mol. The zero-order chi connectivity index (χ0) is 13.8. The van der Waals surface area contributed by atoms with Gasteiger partial charge in [-0.25, -0.2) is 9.18 Å². The van der Waals surface area contributed by atoms with Gasteiger partial charge in [-0.2, -0.15) is 0 Å². The molecule has 5 heteroatoms. The van der Waals surface area contributed by atoms with E-state index in [-0.39, 0.29) is 23.7 Å². The maximum absolute atomic E-state index is 13.0. The maximum atomic E-state index is 13.0. The van der Waals surface area contributed by atoms with Crippen molar-refractivity contribution < 1.29 is 14.0 Å². The topological polar surface area (TPSA) is 49.4 Å². The lowest BCUT2D eigenvalue weighted by molar-refractivity contribution is -0.117. The molecule has 2 rings (SSSR count). The van der Waals surface area contributed by atoms with Crippen LogP contribution in [-0.2, 0) is 4.79 Å². The lowest BCUT2D eigenvalue weighted by atomic mass is 10.1. The molecule has 1 aliphatic heterocycles. The van der Waals surface area contributed by atoms with Gasteiger partial charge in [-0.1, -0.05) is 6.07 Å². The van der Waals surface area contributed by atoms with E-state index in [4.69, 9.17) is 0 Å². The first kappa shape index (κ1) is 13.5. The molecule has 102 valence electrons. The molecule has 4 nitrogen and oxygen atoms in total. The Bertz CT molecular complexity index is 490. The zero-order valence-electron chi connectivity index (χ0n) is 10.9. The van der Waals surface area contributed by atoms with Gasteiger partial charge in [0.1, 0.15) is 11.6 Å². The van der Waals surface area contributed by atoms with Crippen LogP contribution in [-0.4, -0.2) is 29.3 Å². The van der Waals surface area contributed by atoms with Crippen LogP contribution in [0.3, 0.4) is 0 Å². The minimum Gasteiger partial charge on any atom is -0.321 e. The highest BCUT2D eigenvalue weighted by Crippen LogP contribution is 2.21. The Kier molecular flexibility index (Phi) is 4.14. The van der Waals surface area contributed by atoms with Crippen LogP contribution in [0.25, 0.3) is 0 Å². The van der Waals surface area contributed by atoms with Crippen molar-refractivity contribution in [1.82, 2.24) is 4.90 Å². The molecule has 1 aliphatic rings. The van der Waals surface area contributed by atoms with E-state index in [1.165, 1.54) is 19.1 Å². The number of hydrogen-bond acceptors (Lipinski definition) is 2. The van der Waals surface area contributed by atoms with Crippen LogP contribution in [0.1, 0.15) is 26.2 Å². The van der Waals surface area contributed by atoms with Crippen molar-refractivity contribution in [3.63, 3.8) is 0 Å². The van der Waals surface area contributed by atoms with Gasteiger partial charge in [0.15, 0.2) is 0 Å². The summed E-state index contributed by atoms with van der Waals surface area (Å²) in [6, 6.07) is 5.47. The van der Waals surface area contributed by atoms with Crippen molar-refractivity contribution in [3.05, 3.63) is 30.1 Å². The summed E-state index contributed by atoms with van der Waals surface area (Å²) in [5.74, 6) is -0.310. The monoisotopic (exact) mass is 264 g/mol. The van der Waals surface area contributed by atoms with Gasteiger partial charge in [0, 0.05) is 24.7 Å². The van der Waals surface area contributed by atoms with Crippen molar-refractivity contribution in [2.75, 3.05) is 11.9 Å². The molecule has 1 aromatic rings. The van der Waals surface area contributed by atoms with E-state index in [0.717, 1.165) is 12.8 Å². The summed E-state index contributed by atoms with van der Waals surface area (Å²) in [4.78, 5) is 24.9. The molecule has 1 atom stereocenters. The number of nitrogens with zero attached hydrogens (tertiary/aromatic N) is 1. The van der Waals surface area contributed by atoms with Crippen LogP contribution < -0.4 is 5.32 Å². The van der Waals surface area contributed by atoms with Gasteiger partial charge >= 0.3 is 6.03 Å². The molecule has 19 heavy (non-hydrogen) atoms.